The summed E-state index contributed by atoms with van der Waals surface area (Å²) in [7, 11) is 0. The molecule has 0 aliphatic carbocycles. The average Bonchev–Trinajstić information content (AvgIpc) is 2.72. The van der Waals surface area contributed by atoms with Gasteiger partial charge in [-0.25, -0.2) is 10.2 Å². The Morgan fingerprint density at radius 2 is 1.57 bits per heavy atom. The maximum absolute atomic E-state index is 12.3. The summed E-state index contributed by atoms with van der Waals surface area (Å²) in [6.45, 7) is 7.38. The van der Waals surface area contributed by atoms with E-state index in [9.17, 15) is 9.59 Å². The number of carbonyl (C=O) groups excluding carboxylic acids is 1. The molecule has 2 rings (SSSR count). The van der Waals surface area contributed by atoms with Crippen molar-refractivity contribution in [3.05, 3.63) is 59.7 Å². The fraction of sp³-hybridized carbons (Fsp3) is 0.286. The number of carbonyl (C=O) groups is 2. The molecule has 7 nitrogen and oxygen atoms in total. The highest BCUT2D eigenvalue weighted by Crippen LogP contribution is 2.15. The summed E-state index contributed by atoms with van der Waals surface area (Å²) in [4.78, 5) is 25.0. The number of rotatable bonds is 9. The molecule has 0 bridgehead atoms. The zero-order valence-electron chi connectivity index (χ0n) is 16.3. The monoisotopic (exact) mass is 383 g/mol. The van der Waals surface area contributed by atoms with Gasteiger partial charge in [-0.15, -0.1) is 0 Å². The van der Waals surface area contributed by atoms with Crippen molar-refractivity contribution in [3.8, 4) is 5.75 Å². The minimum atomic E-state index is -1.03. The lowest BCUT2D eigenvalue weighted by atomic mass is 10.1. The zero-order valence-corrected chi connectivity index (χ0v) is 16.3. The van der Waals surface area contributed by atoms with E-state index in [1.165, 1.54) is 0 Å². The van der Waals surface area contributed by atoms with Gasteiger partial charge in [-0.2, -0.15) is 5.10 Å². The molecule has 0 fully saturated rings. The minimum absolute atomic E-state index is 0.285. The van der Waals surface area contributed by atoms with E-state index in [-0.39, 0.29) is 5.91 Å². The van der Waals surface area contributed by atoms with Crippen LogP contribution in [0, 0.1) is 0 Å². The van der Waals surface area contributed by atoms with Gasteiger partial charge < -0.3 is 14.7 Å². The zero-order chi connectivity index (χ0) is 20.5. The first-order chi connectivity index (χ1) is 13.4. The lowest BCUT2D eigenvalue weighted by molar-refractivity contribution is -0.139. The molecule has 0 spiro atoms. The van der Waals surface area contributed by atoms with Gasteiger partial charge in [0.05, 0.1) is 5.71 Å². The first-order valence-corrected chi connectivity index (χ1v) is 9.09. The Morgan fingerprint density at radius 3 is 2.11 bits per heavy atom. The molecule has 2 aromatic carbocycles. The summed E-state index contributed by atoms with van der Waals surface area (Å²) in [6, 6.07) is 14.2. The van der Waals surface area contributed by atoms with Gasteiger partial charge >= 0.3 is 5.97 Å². The molecule has 0 radical (unpaired) electrons. The number of nitrogens with zero attached hydrogens (tertiary/aromatic N) is 2. The summed E-state index contributed by atoms with van der Waals surface area (Å²) in [6.07, 6.45) is 0. The van der Waals surface area contributed by atoms with E-state index >= 15 is 0 Å². The van der Waals surface area contributed by atoms with E-state index in [4.69, 9.17) is 9.84 Å². The Labute approximate surface area is 164 Å². The lowest BCUT2D eigenvalue weighted by Gasteiger charge is -2.20. The summed E-state index contributed by atoms with van der Waals surface area (Å²) in [5.74, 6) is -0.863. The Kier molecular flexibility index (Phi) is 7.56. The van der Waals surface area contributed by atoms with E-state index in [0.717, 1.165) is 24.3 Å². The Hall–Kier alpha value is -3.35. The predicted octanol–water partition coefficient (Wildman–Crippen LogP) is 3.15. The van der Waals surface area contributed by atoms with Crippen LogP contribution in [-0.4, -0.2) is 42.4 Å². The lowest BCUT2D eigenvalue weighted by Crippen LogP contribution is -2.22. The van der Waals surface area contributed by atoms with Gasteiger partial charge in [0.25, 0.3) is 5.91 Å². The van der Waals surface area contributed by atoms with Crippen LogP contribution in [0.4, 0.5) is 5.69 Å². The highest BCUT2D eigenvalue weighted by Gasteiger charge is 2.07. The van der Waals surface area contributed by atoms with Gasteiger partial charge in [-0.05, 0) is 74.9 Å². The number of anilines is 1. The van der Waals surface area contributed by atoms with Gasteiger partial charge in [0.1, 0.15) is 5.75 Å². The molecule has 0 unspecified atom stereocenters. The molecule has 1 amide bonds. The molecule has 0 aromatic heterocycles. The molecule has 0 aliphatic heterocycles. The van der Waals surface area contributed by atoms with Gasteiger partial charge in [0.2, 0.25) is 0 Å². The van der Waals surface area contributed by atoms with Crippen LogP contribution >= 0.6 is 0 Å². The number of carboxylic acid groups (broad SMARTS) is 1. The smallest absolute Gasteiger partial charge is 0.341 e. The van der Waals surface area contributed by atoms with Crippen LogP contribution in [0.15, 0.2) is 53.6 Å². The Bertz CT molecular complexity index is 826. The molecule has 0 aliphatic rings. The van der Waals surface area contributed by atoms with Crippen LogP contribution in [0.3, 0.4) is 0 Å². The van der Waals surface area contributed by atoms with Crippen molar-refractivity contribution in [2.45, 2.75) is 20.8 Å². The second kappa shape index (κ2) is 10.1. The first-order valence-electron chi connectivity index (χ1n) is 9.09. The van der Waals surface area contributed by atoms with Crippen LogP contribution in [0.1, 0.15) is 36.7 Å². The summed E-state index contributed by atoms with van der Waals surface area (Å²) in [5, 5.41) is 12.8. The third kappa shape index (κ3) is 5.84. The first kappa shape index (κ1) is 21.0. The predicted molar refractivity (Wildman–Crippen MR) is 109 cm³/mol. The number of benzene rings is 2. The third-order valence-corrected chi connectivity index (χ3v) is 4.22. The van der Waals surface area contributed by atoms with Crippen molar-refractivity contribution < 1.29 is 19.4 Å². The highest BCUT2D eigenvalue weighted by molar-refractivity contribution is 6.01. The van der Waals surface area contributed by atoms with Crippen molar-refractivity contribution in [2.24, 2.45) is 5.10 Å². The molecule has 0 heterocycles. The molecular weight excluding hydrogens is 358 g/mol. The van der Waals surface area contributed by atoms with Crippen molar-refractivity contribution in [3.63, 3.8) is 0 Å². The number of amides is 1. The number of hydrogen-bond acceptors (Lipinski definition) is 5. The molecule has 0 saturated carbocycles. The largest absolute Gasteiger partial charge is 0.482 e. The van der Waals surface area contributed by atoms with E-state index in [1.807, 2.05) is 12.1 Å². The number of ether oxygens (including phenoxy) is 1. The van der Waals surface area contributed by atoms with E-state index < -0.39 is 12.6 Å². The van der Waals surface area contributed by atoms with Gasteiger partial charge in [-0.1, -0.05) is 0 Å². The van der Waals surface area contributed by atoms with Crippen molar-refractivity contribution in [1.82, 2.24) is 5.43 Å². The van der Waals surface area contributed by atoms with Gasteiger partial charge in [0, 0.05) is 24.3 Å². The number of nitrogens with one attached hydrogen (secondary N) is 1. The van der Waals surface area contributed by atoms with Crippen LogP contribution in [0.5, 0.6) is 5.75 Å². The fourth-order valence-corrected chi connectivity index (χ4v) is 2.61. The van der Waals surface area contributed by atoms with Gasteiger partial charge in [-0.3, -0.25) is 4.79 Å². The Morgan fingerprint density at radius 1 is 1.00 bits per heavy atom. The maximum atomic E-state index is 12.3. The van der Waals surface area contributed by atoms with Crippen molar-refractivity contribution in [1.29, 1.82) is 0 Å². The Balaban J connectivity index is 1.98. The fourth-order valence-electron chi connectivity index (χ4n) is 2.61. The summed E-state index contributed by atoms with van der Waals surface area (Å²) in [5.41, 5.74) is 5.58. The number of hydrogen-bond donors (Lipinski definition) is 2. The van der Waals surface area contributed by atoms with Crippen molar-refractivity contribution >= 4 is 23.3 Å². The summed E-state index contributed by atoms with van der Waals surface area (Å²) >= 11 is 0. The number of hydrazone groups is 1. The SMILES string of the molecule is CCN(CC)c1ccc(C(=O)N/N=C(/C)c2ccc(OCC(=O)O)cc2)cc1. The van der Waals surface area contributed by atoms with E-state index in [1.54, 1.807) is 43.3 Å². The molecule has 0 saturated heterocycles. The maximum Gasteiger partial charge on any atom is 0.341 e. The molecule has 2 N–H and O–H groups in total. The third-order valence-electron chi connectivity index (χ3n) is 4.22. The normalized spacial score (nSPS) is 11.0. The number of carboxylic acids is 1. The summed E-state index contributed by atoms with van der Waals surface area (Å²) < 4.78 is 5.09. The molecule has 0 atom stereocenters. The minimum Gasteiger partial charge on any atom is -0.482 e. The van der Waals surface area contributed by atoms with Crippen LogP contribution < -0.4 is 15.1 Å². The quantitative estimate of drug-likeness (QED) is 0.513. The second-order valence-corrected chi connectivity index (χ2v) is 6.06. The molecule has 28 heavy (non-hydrogen) atoms. The highest BCUT2D eigenvalue weighted by atomic mass is 16.5. The molecule has 148 valence electrons. The van der Waals surface area contributed by atoms with Crippen LogP contribution in [0.2, 0.25) is 0 Å². The second-order valence-electron chi connectivity index (χ2n) is 6.06. The van der Waals surface area contributed by atoms with Crippen LogP contribution in [-0.2, 0) is 4.79 Å². The molecule has 7 heteroatoms. The standard InChI is InChI=1S/C21H25N3O4/c1-4-24(5-2)18-10-6-17(7-11-18)21(27)23-22-15(3)16-8-12-19(13-9-16)28-14-20(25)26/h6-13H,4-5,14H2,1-3H3,(H,23,27)(H,25,26)/b22-15-. The number of aliphatic carboxylic acids is 1. The topological polar surface area (TPSA) is 91.2 Å². The average molecular weight is 383 g/mol. The van der Waals surface area contributed by atoms with E-state index in [2.05, 4.69) is 29.3 Å². The molecular formula is C21H25N3O4. The van der Waals surface area contributed by atoms with Crippen LogP contribution in [0.25, 0.3) is 0 Å². The molecule has 2 aromatic rings. The van der Waals surface area contributed by atoms with E-state index in [0.29, 0.717) is 17.0 Å². The van der Waals surface area contributed by atoms with Gasteiger partial charge in [0.15, 0.2) is 6.61 Å². The van der Waals surface area contributed by atoms with Crippen molar-refractivity contribution in [2.75, 3.05) is 24.6 Å².